The van der Waals surface area contributed by atoms with Crippen LogP contribution in [0.1, 0.15) is 51.1 Å². The number of aromatic nitrogens is 1. The molecule has 0 saturated heterocycles. The van der Waals surface area contributed by atoms with Gasteiger partial charge in [-0.3, -0.25) is 19.7 Å². The Bertz CT molecular complexity index is 1430. The lowest BCUT2D eigenvalue weighted by Gasteiger charge is -2.18. The van der Waals surface area contributed by atoms with Gasteiger partial charge in [-0.1, -0.05) is 37.1 Å². The smallest absolute Gasteiger partial charge is 0.340 e. The minimum Gasteiger partial charge on any atom is -0.462 e. The summed E-state index contributed by atoms with van der Waals surface area (Å²) in [4.78, 5) is 57.6. The van der Waals surface area contributed by atoms with E-state index in [0.717, 1.165) is 21.9 Å². The Morgan fingerprint density at radius 1 is 1.05 bits per heavy atom. The number of ether oxygens (including phenoxy) is 1. The van der Waals surface area contributed by atoms with Crippen LogP contribution in [0.5, 0.6) is 0 Å². The Morgan fingerprint density at radius 3 is 2.42 bits per heavy atom. The Hall–Kier alpha value is -4.02. The van der Waals surface area contributed by atoms with Crippen LogP contribution in [-0.4, -0.2) is 35.3 Å². The van der Waals surface area contributed by atoms with Crippen LogP contribution in [0.3, 0.4) is 0 Å². The maximum atomic E-state index is 13.3. The van der Waals surface area contributed by atoms with E-state index in [0.29, 0.717) is 22.8 Å². The van der Waals surface area contributed by atoms with E-state index >= 15 is 0 Å². The lowest BCUT2D eigenvalue weighted by Crippen LogP contribution is -2.33. The van der Waals surface area contributed by atoms with Crippen LogP contribution in [-0.2, 0) is 14.3 Å². The molecule has 11 heteroatoms. The first-order valence-corrected chi connectivity index (χ1v) is 13.1. The third-order valence-corrected chi connectivity index (χ3v) is 7.13. The molecule has 0 bridgehead atoms. The summed E-state index contributed by atoms with van der Waals surface area (Å²) in [7, 11) is 0. The first-order valence-electron chi connectivity index (χ1n) is 11.9. The number of rotatable bonds is 9. The molecule has 0 spiro atoms. The standard InChI is InChI=1S/C27H25ClN4O5S/c1-4-5-14-37-26(36)19-8-6-7-9-20(19)32-24(34)21(28)22(25(32)35)30-18-12-10-17(11-13-18)23(33)31-27-29-15(2)16(3)38-27/h6-13,30H,4-5,14H2,1-3H3,(H,29,31,33). The number of para-hydroxylation sites is 1. The molecule has 2 N–H and O–H groups in total. The van der Waals surface area contributed by atoms with E-state index in [4.69, 9.17) is 16.3 Å². The summed E-state index contributed by atoms with van der Waals surface area (Å²) in [5.41, 5.74) is 1.70. The van der Waals surface area contributed by atoms with Gasteiger partial charge in [0, 0.05) is 16.1 Å². The highest BCUT2D eigenvalue weighted by atomic mass is 35.5. The summed E-state index contributed by atoms with van der Waals surface area (Å²) in [5, 5.41) is 5.82. The van der Waals surface area contributed by atoms with Crippen LogP contribution in [0.4, 0.5) is 16.5 Å². The van der Waals surface area contributed by atoms with Crippen molar-refractivity contribution in [2.24, 2.45) is 0 Å². The van der Waals surface area contributed by atoms with Crippen LogP contribution in [0.25, 0.3) is 0 Å². The quantitative estimate of drug-likeness (QED) is 0.207. The second-order valence-corrected chi connectivity index (χ2v) is 10.0. The van der Waals surface area contributed by atoms with Crippen molar-refractivity contribution >= 4 is 63.1 Å². The molecule has 0 radical (unpaired) electrons. The molecule has 9 nitrogen and oxygen atoms in total. The van der Waals surface area contributed by atoms with E-state index in [9.17, 15) is 19.2 Å². The predicted octanol–water partition coefficient (Wildman–Crippen LogP) is 5.40. The molecule has 1 aliphatic rings. The minimum atomic E-state index is -0.766. The Balaban J connectivity index is 1.49. The van der Waals surface area contributed by atoms with Gasteiger partial charge in [0.25, 0.3) is 17.7 Å². The van der Waals surface area contributed by atoms with E-state index in [1.807, 2.05) is 20.8 Å². The van der Waals surface area contributed by atoms with Crippen molar-refractivity contribution in [1.82, 2.24) is 4.98 Å². The summed E-state index contributed by atoms with van der Waals surface area (Å²) in [5.74, 6) is -2.45. The summed E-state index contributed by atoms with van der Waals surface area (Å²) in [6, 6.07) is 12.5. The van der Waals surface area contributed by atoms with Gasteiger partial charge in [0.05, 0.1) is 23.6 Å². The Labute approximate surface area is 228 Å². The van der Waals surface area contributed by atoms with Crippen molar-refractivity contribution in [3.8, 4) is 0 Å². The average molecular weight is 553 g/mol. The van der Waals surface area contributed by atoms with E-state index in [2.05, 4.69) is 15.6 Å². The molecule has 0 aliphatic carbocycles. The average Bonchev–Trinajstić information content (AvgIpc) is 3.33. The number of carbonyl (C=O) groups is 4. The lowest BCUT2D eigenvalue weighted by atomic mass is 10.1. The maximum Gasteiger partial charge on any atom is 0.340 e. The SMILES string of the molecule is CCCCOC(=O)c1ccccc1N1C(=O)C(Cl)=C(Nc2ccc(C(=O)Nc3nc(C)c(C)s3)cc2)C1=O. The maximum absolute atomic E-state index is 13.3. The first-order chi connectivity index (χ1) is 18.2. The van der Waals surface area contributed by atoms with Crippen molar-refractivity contribution in [3.05, 3.63) is 81.0 Å². The molecule has 1 aliphatic heterocycles. The molecule has 0 unspecified atom stereocenters. The normalized spacial score (nSPS) is 13.2. The first kappa shape index (κ1) is 27.0. The summed E-state index contributed by atoms with van der Waals surface area (Å²) >= 11 is 7.65. The minimum absolute atomic E-state index is 0.0806. The number of anilines is 3. The zero-order valence-corrected chi connectivity index (χ0v) is 22.5. The zero-order chi connectivity index (χ0) is 27.4. The van der Waals surface area contributed by atoms with E-state index in [-0.39, 0.29) is 34.5 Å². The molecule has 196 valence electrons. The number of hydrogen-bond donors (Lipinski definition) is 2. The fraction of sp³-hybridized carbons (Fsp3) is 0.222. The third-order valence-electron chi connectivity index (χ3n) is 5.79. The van der Waals surface area contributed by atoms with E-state index in [1.165, 1.54) is 23.5 Å². The van der Waals surface area contributed by atoms with Gasteiger partial charge in [-0.2, -0.15) is 0 Å². The molecular weight excluding hydrogens is 528 g/mol. The lowest BCUT2D eigenvalue weighted by molar-refractivity contribution is -0.120. The Kier molecular flexibility index (Phi) is 8.23. The number of carbonyl (C=O) groups excluding carboxylic acids is 4. The number of unbranched alkanes of at least 4 members (excludes halogenated alkanes) is 1. The number of halogens is 1. The fourth-order valence-corrected chi connectivity index (χ4v) is 4.63. The number of thiazole rings is 1. The van der Waals surface area contributed by atoms with E-state index in [1.54, 1.807) is 36.4 Å². The van der Waals surface area contributed by atoms with E-state index < -0.39 is 17.8 Å². The van der Waals surface area contributed by atoms with Gasteiger partial charge in [-0.15, -0.1) is 11.3 Å². The van der Waals surface area contributed by atoms with Crippen LogP contribution in [0.2, 0.25) is 0 Å². The van der Waals surface area contributed by atoms with Gasteiger partial charge in [-0.25, -0.2) is 14.7 Å². The highest BCUT2D eigenvalue weighted by Crippen LogP contribution is 2.32. The molecule has 38 heavy (non-hydrogen) atoms. The summed E-state index contributed by atoms with van der Waals surface area (Å²) in [6.07, 6.45) is 1.55. The molecule has 2 aromatic carbocycles. The fourth-order valence-electron chi connectivity index (χ4n) is 3.60. The molecule has 3 aromatic rings. The van der Waals surface area contributed by atoms with Crippen molar-refractivity contribution < 1.29 is 23.9 Å². The second-order valence-electron chi connectivity index (χ2n) is 8.46. The number of nitrogens with one attached hydrogen (secondary N) is 2. The molecular formula is C27H25ClN4O5S. The molecule has 0 fully saturated rings. The molecule has 0 saturated carbocycles. The van der Waals surface area contributed by atoms with Crippen LogP contribution in [0, 0.1) is 13.8 Å². The number of amides is 3. The monoisotopic (exact) mass is 552 g/mol. The molecule has 2 heterocycles. The van der Waals surface area contributed by atoms with Gasteiger partial charge < -0.3 is 10.1 Å². The summed E-state index contributed by atoms with van der Waals surface area (Å²) < 4.78 is 5.28. The number of aryl methyl sites for hydroxylation is 2. The predicted molar refractivity (Wildman–Crippen MR) is 147 cm³/mol. The Morgan fingerprint density at radius 2 is 1.76 bits per heavy atom. The van der Waals surface area contributed by atoms with Gasteiger partial charge >= 0.3 is 5.97 Å². The van der Waals surface area contributed by atoms with Crippen molar-refractivity contribution in [1.29, 1.82) is 0 Å². The van der Waals surface area contributed by atoms with Crippen LogP contribution < -0.4 is 15.5 Å². The van der Waals surface area contributed by atoms with Crippen LogP contribution in [0.15, 0.2) is 59.3 Å². The largest absolute Gasteiger partial charge is 0.462 e. The molecule has 4 rings (SSSR count). The summed E-state index contributed by atoms with van der Waals surface area (Å²) in [6.45, 7) is 6.00. The molecule has 1 aromatic heterocycles. The topological polar surface area (TPSA) is 118 Å². The van der Waals surface area contributed by atoms with Crippen LogP contribution >= 0.6 is 22.9 Å². The van der Waals surface area contributed by atoms with Gasteiger partial charge in [0.15, 0.2) is 5.13 Å². The molecule has 3 amide bonds. The number of hydrogen-bond acceptors (Lipinski definition) is 8. The van der Waals surface area contributed by atoms with Gasteiger partial charge in [-0.05, 0) is 56.7 Å². The number of nitrogens with zero attached hydrogens (tertiary/aromatic N) is 2. The zero-order valence-electron chi connectivity index (χ0n) is 21.0. The van der Waals surface area contributed by atoms with Gasteiger partial charge in [0.1, 0.15) is 10.7 Å². The number of benzene rings is 2. The molecule has 0 atom stereocenters. The second kappa shape index (κ2) is 11.6. The number of imide groups is 1. The highest BCUT2D eigenvalue weighted by Gasteiger charge is 2.40. The third kappa shape index (κ3) is 5.61. The van der Waals surface area contributed by atoms with Gasteiger partial charge in [0.2, 0.25) is 0 Å². The number of esters is 1. The van der Waals surface area contributed by atoms with Crippen molar-refractivity contribution in [2.75, 3.05) is 22.1 Å². The van der Waals surface area contributed by atoms with Crippen molar-refractivity contribution in [3.63, 3.8) is 0 Å². The van der Waals surface area contributed by atoms with Crippen molar-refractivity contribution in [2.45, 2.75) is 33.6 Å². The highest BCUT2D eigenvalue weighted by molar-refractivity contribution is 7.15.